The van der Waals surface area contributed by atoms with Crippen LogP contribution >= 0.6 is 23.8 Å². The van der Waals surface area contributed by atoms with E-state index in [1.807, 2.05) is 12.1 Å². The molecule has 1 amide bonds. The van der Waals surface area contributed by atoms with Crippen LogP contribution in [0.1, 0.15) is 11.6 Å². The molecule has 0 aliphatic rings. The van der Waals surface area contributed by atoms with E-state index in [1.54, 1.807) is 19.2 Å². The first kappa shape index (κ1) is 11.9. The molecule has 1 rings (SSSR count). The van der Waals surface area contributed by atoms with Crippen molar-refractivity contribution in [3.05, 3.63) is 34.9 Å². The van der Waals surface area contributed by atoms with E-state index in [2.05, 4.69) is 0 Å². The Morgan fingerprint density at radius 2 is 2.20 bits per heavy atom. The maximum atomic E-state index is 10.7. The van der Waals surface area contributed by atoms with Crippen LogP contribution in [0.3, 0.4) is 0 Å². The van der Waals surface area contributed by atoms with Crippen molar-refractivity contribution in [3.63, 3.8) is 0 Å². The maximum absolute atomic E-state index is 10.7. The second-order valence-electron chi connectivity index (χ2n) is 3.10. The van der Waals surface area contributed by atoms with Crippen molar-refractivity contribution < 1.29 is 4.79 Å². The summed E-state index contributed by atoms with van der Waals surface area (Å²) < 4.78 is 0. The number of amides is 1. The predicted octanol–water partition coefficient (Wildman–Crippen LogP) is 1.76. The predicted molar refractivity (Wildman–Crippen MR) is 64.8 cm³/mol. The molecule has 0 saturated carbocycles. The summed E-state index contributed by atoms with van der Waals surface area (Å²) in [6.07, 6.45) is 0.674. The molecule has 0 aliphatic carbocycles. The standard InChI is InChI=1S/C10H11ClN2OS/c1-13(6-14)9(10(12)15)7-4-2-3-5-8(7)11/h2-6,9H,1H3,(H2,12,15). The van der Waals surface area contributed by atoms with Gasteiger partial charge in [-0.2, -0.15) is 0 Å². The van der Waals surface area contributed by atoms with Gasteiger partial charge in [0.1, 0.15) is 11.0 Å². The minimum atomic E-state index is -0.453. The van der Waals surface area contributed by atoms with Gasteiger partial charge in [-0.1, -0.05) is 42.0 Å². The third kappa shape index (κ3) is 2.67. The summed E-state index contributed by atoms with van der Waals surface area (Å²) in [4.78, 5) is 12.3. The molecule has 0 heterocycles. The van der Waals surface area contributed by atoms with E-state index in [4.69, 9.17) is 29.6 Å². The number of nitrogens with two attached hydrogens (primary N) is 1. The van der Waals surface area contributed by atoms with Gasteiger partial charge in [0.15, 0.2) is 0 Å². The third-order valence-corrected chi connectivity index (χ3v) is 2.61. The van der Waals surface area contributed by atoms with Gasteiger partial charge in [-0.05, 0) is 6.07 Å². The summed E-state index contributed by atoms with van der Waals surface area (Å²) in [5, 5.41) is 0.545. The lowest BCUT2D eigenvalue weighted by molar-refractivity contribution is -0.117. The van der Waals surface area contributed by atoms with Gasteiger partial charge in [-0.3, -0.25) is 4.79 Å². The summed E-state index contributed by atoms with van der Waals surface area (Å²) in [6.45, 7) is 0. The van der Waals surface area contributed by atoms with Gasteiger partial charge in [0, 0.05) is 17.6 Å². The molecule has 15 heavy (non-hydrogen) atoms. The molecule has 0 spiro atoms. The lowest BCUT2D eigenvalue weighted by Crippen LogP contribution is -2.33. The Bertz CT molecular complexity index is 383. The van der Waals surface area contributed by atoms with E-state index >= 15 is 0 Å². The Hall–Kier alpha value is -1.13. The zero-order valence-electron chi connectivity index (χ0n) is 8.18. The highest BCUT2D eigenvalue weighted by molar-refractivity contribution is 7.80. The van der Waals surface area contributed by atoms with E-state index in [1.165, 1.54) is 4.90 Å². The number of carbonyl (C=O) groups is 1. The number of likely N-dealkylation sites (N-methyl/N-ethyl adjacent to an activating group) is 1. The van der Waals surface area contributed by atoms with Crippen molar-refractivity contribution in [2.75, 3.05) is 7.05 Å². The number of carbonyl (C=O) groups excluding carboxylic acids is 1. The molecule has 0 radical (unpaired) electrons. The van der Waals surface area contributed by atoms with Crippen LogP contribution < -0.4 is 5.73 Å². The topological polar surface area (TPSA) is 46.3 Å². The SMILES string of the molecule is CN(C=O)C(C(N)=S)c1ccccc1Cl. The lowest BCUT2D eigenvalue weighted by Gasteiger charge is -2.24. The van der Waals surface area contributed by atoms with Gasteiger partial charge < -0.3 is 10.6 Å². The van der Waals surface area contributed by atoms with Gasteiger partial charge in [0.25, 0.3) is 0 Å². The summed E-state index contributed by atoms with van der Waals surface area (Å²) in [6, 6.07) is 6.72. The monoisotopic (exact) mass is 242 g/mol. The quantitative estimate of drug-likeness (QED) is 0.647. The number of hydrogen-bond acceptors (Lipinski definition) is 2. The first-order chi connectivity index (χ1) is 7.07. The molecule has 1 aromatic carbocycles. The fourth-order valence-corrected chi connectivity index (χ4v) is 1.86. The zero-order chi connectivity index (χ0) is 11.4. The molecular weight excluding hydrogens is 232 g/mol. The maximum Gasteiger partial charge on any atom is 0.210 e. The normalized spacial score (nSPS) is 11.9. The molecule has 1 aromatic rings. The number of rotatable bonds is 4. The Morgan fingerprint density at radius 1 is 1.60 bits per heavy atom. The first-order valence-corrected chi connectivity index (χ1v) is 5.07. The second-order valence-corrected chi connectivity index (χ2v) is 3.98. The summed E-state index contributed by atoms with van der Waals surface area (Å²) in [5.41, 5.74) is 6.32. The van der Waals surface area contributed by atoms with Crippen molar-refractivity contribution in [3.8, 4) is 0 Å². The van der Waals surface area contributed by atoms with Crippen LogP contribution in [0.4, 0.5) is 0 Å². The van der Waals surface area contributed by atoms with Crippen LogP contribution in [0.5, 0.6) is 0 Å². The van der Waals surface area contributed by atoms with E-state index in [0.29, 0.717) is 11.4 Å². The minimum Gasteiger partial charge on any atom is -0.391 e. The number of benzene rings is 1. The average Bonchev–Trinajstić information content (AvgIpc) is 2.20. The largest absolute Gasteiger partial charge is 0.391 e. The van der Waals surface area contributed by atoms with E-state index < -0.39 is 6.04 Å². The Morgan fingerprint density at radius 3 is 2.67 bits per heavy atom. The van der Waals surface area contributed by atoms with Crippen molar-refractivity contribution in [1.82, 2.24) is 4.90 Å². The zero-order valence-corrected chi connectivity index (χ0v) is 9.76. The van der Waals surface area contributed by atoms with Crippen LogP contribution in [0, 0.1) is 0 Å². The highest BCUT2D eigenvalue weighted by Gasteiger charge is 2.20. The van der Waals surface area contributed by atoms with Crippen LogP contribution in [-0.2, 0) is 4.79 Å². The van der Waals surface area contributed by atoms with Gasteiger partial charge >= 0.3 is 0 Å². The van der Waals surface area contributed by atoms with Gasteiger partial charge in [-0.15, -0.1) is 0 Å². The summed E-state index contributed by atoms with van der Waals surface area (Å²) in [7, 11) is 1.61. The Labute approximate surface area is 98.8 Å². The van der Waals surface area contributed by atoms with E-state index in [9.17, 15) is 4.79 Å². The van der Waals surface area contributed by atoms with E-state index in [-0.39, 0.29) is 4.99 Å². The molecule has 1 unspecified atom stereocenters. The fraction of sp³-hybridized carbons (Fsp3) is 0.200. The number of halogens is 1. The molecule has 0 bridgehead atoms. The summed E-state index contributed by atoms with van der Waals surface area (Å²) >= 11 is 10.9. The number of thiocarbonyl (C=S) groups is 1. The molecule has 0 fully saturated rings. The van der Waals surface area contributed by atoms with Crippen molar-refractivity contribution in [2.45, 2.75) is 6.04 Å². The van der Waals surface area contributed by atoms with Gasteiger partial charge in [0.2, 0.25) is 6.41 Å². The molecule has 0 aromatic heterocycles. The molecule has 3 nitrogen and oxygen atoms in total. The van der Waals surface area contributed by atoms with Crippen molar-refractivity contribution >= 4 is 35.2 Å². The van der Waals surface area contributed by atoms with Crippen molar-refractivity contribution in [2.24, 2.45) is 5.73 Å². The van der Waals surface area contributed by atoms with Crippen LogP contribution in [0.25, 0.3) is 0 Å². The molecule has 0 aliphatic heterocycles. The fourth-order valence-electron chi connectivity index (χ4n) is 1.33. The molecule has 1 atom stereocenters. The number of hydrogen-bond donors (Lipinski definition) is 1. The highest BCUT2D eigenvalue weighted by Crippen LogP contribution is 2.26. The Kier molecular flexibility index (Phi) is 4.05. The highest BCUT2D eigenvalue weighted by atomic mass is 35.5. The van der Waals surface area contributed by atoms with Crippen molar-refractivity contribution in [1.29, 1.82) is 0 Å². The van der Waals surface area contributed by atoms with Gasteiger partial charge in [0.05, 0.1) is 0 Å². The minimum absolute atomic E-state index is 0.220. The van der Waals surface area contributed by atoms with Gasteiger partial charge in [-0.25, -0.2) is 0 Å². The molecule has 80 valence electrons. The third-order valence-electron chi connectivity index (χ3n) is 2.04. The van der Waals surface area contributed by atoms with Crippen LogP contribution in [0.2, 0.25) is 5.02 Å². The average molecular weight is 243 g/mol. The second kappa shape index (κ2) is 5.09. The molecule has 0 saturated heterocycles. The summed E-state index contributed by atoms with van der Waals surface area (Å²) in [5.74, 6) is 0. The van der Waals surface area contributed by atoms with Crippen LogP contribution in [0.15, 0.2) is 24.3 Å². The molecular formula is C10H11ClN2OS. The Balaban J connectivity index is 3.15. The molecule has 2 N–H and O–H groups in total. The lowest BCUT2D eigenvalue weighted by atomic mass is 10.1. The molecule has 5 heteroatoms. The smallest absolute Gasteiger partial charge is 0.210 e. The first-order valence-electron chi connectivity index (χ1n) is 4.29. The van der Waals surface area contributed by atoms with Crippen LogP contribution in [-0.4, -0.2) is 23.3 Å². The number of nitrogens with zero attached hydrogens (tertiary/aromatic N) is 1. The van der Waals surface area contributed by atoms with E-state index in [0.717, 1.165) is 5.56 Å².